The molecule has 2 aromatic carbocycles. The van der Waals surface area contributed by atoms with Gasteiger partial charge in [0, 0.05) is 6.26 Å². The molecular formula is C16H14FN5O3S. The molecule has 0 atom stereocenters. The van der Waals surface area contributed by atoms with Crippen LogP contribution in [0.4, 0.5) is 10.1 Å². The van der Waals surface area contributed by atoms with Crippen LogP contribution in [0.1, 0.15) is 0 Å². The van der Waals surface area contributed by atoms with Crippen LogP contribution in [0.3, 0.4) is 0 Å². The smallest absolute Gasteiger partial charge is 0.201 e. The highest BCUT2D eigenvalue weighted by Crippen LogP contribution is 2.27. The third kappa shape index (κ3) is 4.78. The fourth-order valence-corrected chi connectivity index (χ4v) is 2.42. The maximum atomic E-state index is 14.0. The van der Waals surface area contributed by atoms with Gasteiger partial charge in [-0.25, -0.2) is 12.8 Å². The topological polar surface area (TPSA) is 141 Å². The number of halogens is 1. The molecule has 4 N–H and O–H groups in total. The number of nitrogens with one attached hydrogen (secondary N) is 2. The Morgan fingerprint density at radius 1 is 1.31 bits per heavy atom. The van der Waals surface area contributed by atoms with Crippen molar-refractivity contribution in [3.63, 3.8) is 0 Å². The van der Waals surface area contributed by atoms with Crippen LogP contribution < -0.4 is 15.9 Å². The van der Waals surface area contributed by atoms with Crippen LogP contribution in [0.5, 0.6) is 11.5 Å². The van der Waals surface area contributed by atoms with E-state index in [4.69, 9.17) is 21.1 Å². The van der Waals surface area contributed by atoms with E-state index in [1.165, 1.54) is 24.3 Å². The molecule has 2 aromatic rings. The number of benzene rings is 2. The summed E-state index contributed by atoms with van der Waals surface area (Å²) in [5.41, 5.74) is 7.94. The lowest BCUT2D eigenvalue weighted by Crippen LogP contribution is -2.21. The number of anilines is 1. The van der Waals surface area contributed by atoms with Gasteiger partial charge in [-0.15, -0.1) is 0 Å². The highest BCUT2D eigenvalue weighted by Gasteiger charge is 2.12. The van der Waals surface area contributed by atoms with E-state index in [0.717, 1.165) is 12.3 Å². The lowest BCUT2D eigenvalue weighted by Gasteiger charge is -2.09. The summed E-state index contributed by atoms with van der Waals surface area (Å²) in [6, 6.07) is 11.2. The van der Waals surface area contributed by atoms with Crippen molar-refractivity contribution in [2.45, 2.75) is 4.90 Å². The minimum absolute atomic E-state index is 0.125. The normalized spacial score (nSPS) is 11.5. The number of nitrogens with zero attached hydrogens (tertiary/aromatic N) is 2. The zero-order chi connectivity index (χ0) is 19.3. The Bertz CT molecular complexity index is 1010. The Kier molecular flexibility index (Phi) is 5.54. The fourth-order valence-electron chi connectivity index (χ4n) is 1.79. The lowest BCUT2D eigenvalue weighted by atomic mass is 10.3. The molecule has 0 aliphatic rings. The molecule has 0 aliphatic heterocycles. The number of hydrogen-bond acceptors (Lipinski definition) is 7. The number of nitriles is 1. The highest BCUT2D eigenvalue weighted by molar-refractivity contribution is 7.90. The summed E-state index contributed by atoms with van der Waals surface area (Å²) in [7, 11) is -3.51. The molecule has 0 radical (unpaired) electrons. The number of hydrazone groups is 1. The first kappa shape index (κ1) is 18.9. The first-order valence-electron chi connectivity index (χ1n) is 7.06. The van der Waals surface area contributed by atoms with Gasteiger partial charge in [0.25, 0.3) is 0 Å². The van der Waals surface area contributed by atoms with Gasteiger partial charge in [0.1, 0.15) is 11.8 Å². The van der Waals surface area contributed by atoms with E-state index in [2.05, 4.69) is 10.5 Å². The highest BCUT2D eigenvalue weighted by atomic mass is 32.2. The van der Waals surface area contributed by atoms with Gasteiger partial charge >= 0.3 is 0 Å². The number of hydrogen-bond donors (Lipinski definition) is 3. The molecule has 0 aliphatic carbocycles. The molecule has 0 amide bonds. The van der Waals surface area contributed by atoms with E-state index < -0.39 is 21.5 Å². The molecule has 0 aromatic heterocycles. The van der Waals surface area contributed by atoms with E-state index >= 15 is 0 Å². The summed E-state index contributed by atoms with van der Waals surface area (Å²) in [4.78, 5) is -0.140. The Morgan fingerprint density at radius 3 is 2.46 bits per heavy atom. The summed E-state index contributed by atoms with van der Waals surface area (Å²) in [5, 5.41) is 19.6. The van der Waals surface area contributed by atoms with Crippen molar-refractivity contribution in [1.29, 1.82) is 10.7 Å². The second-order valence-corrected chi connectivity index (χ2v) is 7.10. The van der Waals surface area contributed by atoms with Crippen LogP contribution in [0.25, 0.3) is 0 Å². The Balaban J connectivity index is 2.13. The van der Waals surface area contributed by atoms with Gasteiger partial charge in [-0.3, -0.25) is 10.8 Å². The number of ether oxygens (including phenoxy) is 1. The summed E-state index contributed by atoms with van der Waals surface area (Å²) in [6.07, 6.45) is 0.986. The molecule has 10 heteroatoms. The van der Waals surface area contributed by atoms with Crippen LogP contribution in [0.2, 0.25) is 0 Å². The molecule has 0 bridgehead atoms. The van der Waals surface area contributed by atoms with Crippen molar-refractivity contribution in [3.8, 4) is 17.6 Å². The van der Waals surface area contributed by atoms with Gasteiger partial charge in [-0.05, 0) is 42.5 Å². The quantitative estimate of drug-likeness (QED) is 0.402. The molecule has 0 saturated carbocycles. The van der Waals surface area contributed by atoms with Crippen LogP contribution in [-0.2, 0) is 9.84 Å². The molecule has 8 nitrogen and oxygen atoms in total. The zero-order valence-electron chi connectivity index (χ0n) is 13.5. The lowest BCUT2D eigenvalue weighted by molar-refractivity contribution is 0.441. The summed E-state index contributed by atoms with van der Waals surface area (Å²) in [5.74, 6) is -1.09. The average Bonchev–Trinajstić information content (AvgIpc) is 2.57. The molecule has 2 rings (SSSR count). The third-order valence-corrected chi connectivity index (χ3v) is 4.18. The van der Waals surface area contributed by atoms with E-state index in [9.17, 15) is 12.8 Å². The average molecular weight is 375 g/mol. The van der Waals surface area contributed by atoms with Gasteiger partial charge in [-0.1, -0.05) is 0 Å². The van der Waals surface area contributed by atoms with E-state index in [1.807, 2.05) is 0 Å². The van der Waals surface area contributed by atoms with Gasteiger partial charge in [0.05, 0.1) is 10.6 Å². The number of sulfone groups is 1. The maximum absolute atomic E-state index is 14.0. The number of rotatable bonds is 6. The van der Waals surface area contributed by atoms with Crippen LogP contribution in [0, 0.1) is 22.6 Å². The van der Waals surface area contributed by atoms with Gasteiger partial charge in [-0.2, -0.15) is 10.4 Å². The third-order valence-electron chi connectivity index (χ3n) is 3.07. The predicted molar refractivity (Wildman–Crippen MR) is 94.6 cm³/mol. The number of amidine groups is 1. The fraction of sp³-hybridized carbons (Fsp3) is 0.0625. The first-order chi connectivity index (χ1) is 12.2. The Labute approximate surface area is 149 Å². The summed E-state index contributed by atoms with van der Waals surface area (Å²) in [6.45, 7) is 0. The Morgan fingerprint density at radius 2 is 1.96 bits per heavy atom. The minimum atomic E-state index is -3.51. The monoisotopic (exact) mass is 375 g/mol. The second kappa shape index (κ2) is 7.62. The van der Waals surface area contributed by atoms with E-state index in [1.54, 1.807) is 18.2 Å². The molecular weight excluding hydrogens is 361 g/mol. The first-order valence-corrected chi connectivity index (χ1v) is 8.95. The zero-order valence-corrected chi connectivity index (χ0v) is 14.3. The summed E-state index contributed by atoms with van der Waals surface area (Å²) < 4.78 is 42.2. The molecule has 0 fully saturated rings. The van der Waals surface area contributed by atoms with Gasteiger partial charge in [0.2, 0.25) is 5.71 Å². The van der Waals surface area contributed by atoms with Crippen molar-refractivity contribution in [2.24, 2.45) is 10.8 Å². The largest absolute Gasteiger partial charge is 0.454 e. The second-order valence-electron chi connectivity index (χ2n) is 5.09. The maximum Gasteiger partial charge on any atom is 0.201 e. The van der Waals surface area contributed by atoms with E-state index in [-0.39, 0.29) is 16.4 Å². The standard InChI is InChI=1S/C16H14FN5O3S/c1-26(23,24)12-6-7-15(13(17)8-12)25-11-4-2-10(3-5-11)21-22-14(9-18)16(19)20/h2-8,21H,1H3,(H3,19,20)/b22-14+. The van der Waals surface area contributed by atoms with Crippen molar-refractivity contribution < 1.29 is 17.5 Å². The molecule has 0 unspecified atom stereocenters. The van der Waals surface area contributed by atoms with Crippen molar-refractivity contribution >= 4 is 27.1 Å². The molecule has 0 saturated heterocycles. The van der Waals surface area contributed by atoms with Crippen molar-refractivity contribution in [1.82, 2.24) is 0 Å². The minimum Gasteiger partial charge on any atom is -0.454 e. The molecule has 26 heavy (non-hydrogen) atoms. The summed E-state index contributed by atoms with van der Waals surface area (Å²) >= 11 is 0. The molecule has 0 spiro atoms. The van der Waals surface area contributed by atoms with Crippen molar-refractivity contribution in [3.05, 3.63) is 48.3 Å². The van der Waals surface area contributed by atoms with Gasteiger partial charge < -0.3 is 10.5 Å². The van der Waals surface area contributed by atoms with Crippen LogP contribution >= 0.6 is 0 Å². The predicted octanol–water partition coefficient (Wildman–Crippen LogP) is 2.25. The van der Waals surface area contributed by atoms with Crippen LogP contribution in [0.15, 0.2) is 52.5 Å². The molecule has 134 valence electrons. The van der Waals surface area contributed by atoms with Gasteiger partial charge in [0.15, 0.2) is 27.2 Å². The SMILES string of the molecule is CS(=O)(=O)c1ccc(Oc2ccc(N/N=C(\C#N)C(=N)N)cc2)c(F)c1. The Hall–Kier alpha value is -3.45. The van der Waals surface area contributed by atoms with Crippen LogP contribution in [-0.4, -0.2) is 26.2 Å². The molecule has 0 heterocycles. The number of nitrogens with two attached hydrogens (primary N) is 1. The van der Waals surface area contributed by atoms with Crippen molar-refractivity contribution in [2.75, 3.05) is 11.7 Å². The van der Waals surface area contributed by atoms with E-state index in [0.29, 0.717) is 11.4 Å².